The third kappa shape index (κ3) is 4.28. The van der Waals surface area contributed by atoms with Gasteiger partial charge >= 0.3 is 0 Å². The highest BCUT2D eigenvalue weighted by molar-refractivity contribution is 4.96. The molecule has 0 aromatic rings. The van der Waals surface area contributed by atoms with E-state index in [1.54, 1.807) is 0 Å². The summed E-state index contributed by atoms with van der Waals surface area (Å²) in [4.78, 5) is 0. The summed E-state index contributed by atoms with van der Waals surface area (Å²) in [5.74, 6) is 1.16. The van der Waals surface area contributed by atoms with Crippen LogP contribution < -0.4 is 5.32 Å². The fraction of sp³-hybridized carbons (Fsp3) is 0.667. The van der Waals surface area contributed by atoms with Gasteiger partial charge in [-0.2, -0.15) is 0 Å². The van der Waals surface area contributed by atoms with E-state index in [0.29, 0.717) is 23.9 Å². The quantitative estimate of drug-likeness (QED) is 0.621. The molecular weight excluding hydrogens is 158 g/mol. The lowest BCUT2D eigenvalue weighted by Gasteiger charge is -2.26. The second-order valence-electron chi connectivity index (χ2n) is 4.18. The summed E-state index contributed by atoms with van der Waals surface area (Å²) in [7, 11) is 0. The zero-order valence-corrected chi connectivity index (χ0v) is 9.38. The lowest BCUT2D eigenvalue weighted by molar-refractivity contribution is 0.381. The average Bonchev–Trinajstić information content (AvgIpc) is 2.05. The molecule has 0 spiro atoms. The molecule has 0 fully saturated rings. The summed E-state index contributed by atoms with van der Waals surface area (Å²) >= 11 is 0. The van der Waals surface area contributed by atoms with Crippen LogP contribution in [0.4, 0.5) is 0 Å². The van der Waals surface area contributed by atoms with Crippen molar-refractivity contribution in [3.63, 3.8) is 0 Å². The van der Waals surface area contributed by atoms with Gasteiger partial charge in [0.15, 0.2) is 0 Å². The summed E-state index contributed by atoms with van der Waals surface area (Å²) in [6.45, 7) is 16.4. The Bertz CT molecular complexity index is 141. The first-order chi connectivity index (χ1) is 6.02. The number of hydrogen-bond acceptors (Lipinski definition) is 1. The zero-order valence-electron chi connectivity index (χ0n) is 9.38. The van der Waals surface area contributed by atoms with Gasteiger partial charge in [-0.15, -0.1) is 13.2 Å². The maximum Gasteiger partial charge on any atom is 0.0276 e. The number of rotatable bonds is 6. The molecule has 0 heterocycles. The summed E-state index contributed by atoms with van der Waals surface area (Å²) in [5.41, 5.74) is 0. The van der Waals surface area contributed by atoms with Crippen LogP contribution in [0.2, 0.25) is 0 Å². The van der Waals surface area contributed by atoms with Crippen molar-refractivity contribution in [3.8, 4) is 0 Å². The van der Waals surface area contributed by atoms with E-state index in [1.165, 1.54) is 0 Å². The minimum Gasteiger partial charge on any atom is -0.304 e. The van der Waals surface area contributed by atoms with Crippen LogP contribution in [0.5, 0.6) is 0 Å². The smallest absolute Gasteiger partial charge is 0.0276 e. The molecule has 0 amide bonds. The molecule has 0 saturated carbocycles. The Morgan fingerprint density at radius 3 is 1.31 bits per heavy atom. The minimum absolute atomic E-state index is 0.380. The van der Waals surface area contributed by atoms with Crippen molar-refractivity contribution >= 4 is 0 Å². The van der Waals surface area contributed by atoms with E-state index in [1.807, 2.05) is 12.2 Å². The Labute approximate surface area is 82.9 Å². The lowest BCUT2D eigenvalue weighted by Crippen LogP contribution is -2.41. The van der Waals surface area contributed by atoms with Crippen LogP contribution in [0.15, 0.2) is 25.3 Å². The zero-order chi connectivity index (χ0) is 10.4. The van der Waals surface area contributed by atoms with Crippen LogP contribution in [-0.4, -0.2) is 12.1 Å². The van der Waals surface area contributed by atoms with Crippen molar-refractivity contribution in [3.05, 3.63) is 25.3 Å². The number of nitrogens with one attached hydrogen (secondary N) is 1. The molecule has 0 saturated heterocycles. The molecule has 76 valence electrons. The largest absolute Gasteiger partial charge is 0.304 e. The fourth-order valence-electron chi connectivity index (χ4n) is 1.29. The van der Waals surface area contributed by atoms with Crippen molar-refractivity contribution in [1.29, 1.82) is 0 Å². The van der Waals surface area contributed by atoms with Gasteiger partial charge in [0, 0.05) is 12.1 Å². The normalized spacial score (nSPS) is 15.8. The SMILES string of the molecule is C=CC(NC(C=C)C(C)C)C(C)C. The third-order valence-electron chi connectivity index (χ3n) is 2.33. The third-order valence-corrected chi connectivity index (χ3v) is 2.33. The molecule has 0 rings (SSSR count). The van der Waals surface area contributed by atoms with Crippen molar-refractivity contribution in [2.24, 2.45) is 11.8 Å². The average molecular weight is 181 g/mol. The summed E-state index contributed by atoms with van der Waals surface area (Å²) < 4.78 is 0. The Balaban J connectivity index is 4.19. The van der Waals surface area contributed by atoms with Crippen LogP contribution >= 0.6 is 0 Å². The molecule has 0 aliphatic rings. The molecular formula is C12H23N. The Kier molecular flexibility index (Phi) is 5.72. The summed E-state index contributed by atoms with van der Waals surface area (Å²) in [5, 5.41) is 3.52. The van der Waals surface area contributed by atoms with Crippen LogP contribution in [0.25, 0.3) is 0 Å². The second kappa shape index (κ2) is 5.98. The molecule has 0 bridgehead atoms. The molecule has 1 N–H and O–H groups in total. The van der Waals surface area contributed by atoms with E-state index < -0.39 is 0 Å². The van der Waals surface area contributed by atoms with Gasteiger partial charge in [-0.1, -0.05) is 39.8 Å². The van der Waals surface area contributed by atoms with Gasteiger partial charge in [0.05, 0.1) is 0 Å². The Morgan fingerprint density at radius 2 is 1.15 bits per heavy atom. The van der Waals surface area contributed by atoms with E-state index >= 15 is 0 Å². The highest BCUT2D eigenvalue weighted by Gasteiger charge is 2.15. The summed E-state index contributed by atoms with van der Waals surface area (Å²) in [6.07, 6.45) is 3.95. The van der Waals surface area contributed by atoms with Gasteiger partial charge in [-0.3, -0.25) is 0 Å². The van der Waals surface area contributed by atoms with E-state index in [2.05, 4.69) is 46.2 Å². The van der Waals surface area contributed by atoms with E-state index in [-0.39, 0.29) is 0 Å². The topological polar surface area (TPSA) is 12.0 Å². The molecule has 0 aliphatic heterocycles. The predicted octanol–water partition coefficient (Wildman–Crippen LogP) is 3.00. The molecule has 2 atom stereocenters. The van der Waals surface area contributed by atoms with Gasteiger partial charge in [-0.05, 0) is 11.8 Å². The van der Waals surface area contributed by atoms with Crippen molar-refractivity contribution in [1.82, 2.24) is 5.32 Å². The van der Waals surface area contributed by atoms with Gasteiger partial charge in [0.25, 0.3) is 0 Å². The first-order valence-corrected chi connectivity index (χ1v) is 5.04. The summed E-state index contributed by atoms with van der Waals surface area (Å²) in [6, 6.07) is 0.760. The molecule has 0 radical (unpaired) electrons. The van der Waals surface area contributed by atoms with Gasteiger partial charge < -0.3 is 5.32 Å². The molecule has 1 heteroatoms. The van der Waals surface area contributed by atoms with E-state index in [0.717, 1.165) is 0 Å². The Morgan fingerprint density at radius 1 is 0.846 bits per heavy atom. The standard InChI is InChI=1S/C12H23N/c1-7-11(9(3)4)13-12(8-2)10(5)6/h7-13H,1-2H2,3-6H3. The molecule has 1 nitrogen and oxygen atoms in total. The highest BCUT2D eigenvalue weighted by Crippen LogP contribution is 2.08. The molecule has 0 aromatic carbocycles. The Hall–Kier alpha value is -0.560. The van der Waals surface area contributed by atoms with Gasteiger partial charge in [-0.25, -0.2) is 0 Å². The molecule has 2 unspecified atom stereocenters. The van der Waals surface area contributed by atoms with Crippen LogP contribution in [0, 0.1) is 11.8 Å². The van der Waals surface area contributed by atoms with E-state index in [4.69, 9.17) is 0 Å². The molecule has 0 aliphatic carbocycles. The first-order valence-electron chi connectivity index (χ1n) is 5.04. The monoisotopic (exact) mass is 181 g/mol. The fourth-order valence-corrected chi connectivity index (χ4v) is 1.29. The second-order valence-corrected chi connectivity index (χ2v) is 4.18. The van der Waals surface area contributed by atoms with E-state index in [9.17, 15) is 0 Å². The molecule has 0 aromatic heterocycles. The number of hydrogen-bond donors (Lipinski definition) is 1. The van der Waals surface area contributed by atoms with Crippen molar-refractivity contribution in [2.75, 3.05) is 0 Å². The maximum absolute atomic E-state index is 3.83. The van der Waals surface area contributed by atoms with Crippen molar-refractivity contribution in [2.45, 2.75) is 39.8 Å². The van der Waals surface area contributed by atoms with Crippen LogP contribution in [0.1, 0.15) is 27.7 Å². The highest BCUT2D eigenvalue weighted by atomic mass is 14.9. The van der Waals surface area contributed by atoms with Crippen LogP contribution in [0.3, 0.4) is 0 Å². The minimum atomic E-state index is 0.380. The van der Waals surface area contributed by atoms with Gasteiger partial charge in [0.2, 0.25) is 0 Å². The van der Waals surface area contributed by atoms with Gasteiger partial charge in [0.1, 0.15) is 0 Å². The maximum atomic E-state index is 3.83. The first kappa shape index (κ1) is 12.4. The predicted molar refractivity (Wildman–Crippen MR) is 60.8 cm³/mol. The lowest BCUT2D eigenvalue weighted by atomic mass is 9.99. The molecule has 13 heavy (non-hydrogen) atoms. The van der Waals surface area contributed by atoms with Crippen molar-refractivity contribution < 1.29 is 0 Å². The van der Waals surface area contributed by atoms with Crippen LogP contribution in [-0.2, 0) is 0 Å².